The van der Waals surface area contributed by atoms with Gasteiger partial charge < -0.3 is 15.4 Å². The predicted molar refractivity (Wildman–Crippen MR) is 83.4 cm³/mol. The first-order valence-corrected chi connectivity index (χ1v) is 7.71. The summed E-state index contributed by atoms with van der Waals surface area (Å²) in [7, 11) is 1.67. The molecule has 1 aromatic carbocycles. The van der Waals surface area contributed by atoms with Crippen LogP contribution in [0.1, 0.15) is 25.7 Å². The highest BCUT2D eigenvalue weighted by molar-refractivity contribution is 5.74. The van der Waals surface area contributed by atoms with Crippen molar-refractivity contribution in [2.24, 2.45) is 0 Å². The van der Waals surface area contributed by atoms with Crippen molar-refractivity contribution in [3.05, 3.63) is 18.2 Å². The number of benzene rings is 1. The standard InChI is InChI=1S/C16H25N3O/c1-20-15-8-4-7-14(16(15)17)19-11-9-18(10-12-19)13-5-2-3-6-13/h4,7-8,13H,2-3,5-6,9-12,17H2,1H3. The summed E-state index contributed by atoms with van der Waals surface area (Å²) in [5.74, 6) is 0.778. The lowest BCUT2D eigenvalue weighted by atomic mass is 10.1. The Hall–Kier alpha value is -1.42. The zero-order valence-electron chi connectivity index (χ0n) is 12.3. The summed E-state index contributed by atoms with van der Waals surface area (Å²) in [6.07, 6.45) is 5.60. The number of rotatable bonds is 3. The van der Waals surface area contributed by atoms with E-state index in [2.05, 4.69) is 15.9 Å². The highest BCUT2D eigenvalue weighted by Crippen LogP contribution is 2.33. The molecule has 0 radical (unpaired) electrons. The van der Waals surface area contributed by atoms with Gasteiger partial charge in [0.25, 0.3) is 0 Å². The van der Waals surface area contributed by atoms with Crippen molar-refractivity contribution in [2.75, 3.05) is 43.9 Å². The molecule has 1 aliphatic carbocycles. The summed E-state index contributed by atoms with van der Waals surface area (Å²) in [5, 5.41) is 0. The highest BCUT2D eigenvalue weighted by Gasteiger charge is 2.26. The third kappa shape index (κ3) is 2.57. The Morgan fingerprint density at radius 1 is 1.10 bits per heavy atom. The first-order valence-electron chi connectivity index (χ1n) is 7.71. The van der Waals surface area contributed by atoms with Crippen LogP contribution < -0.4 is 15.4 Å². The third-order valence-corrected chi connectivity index (χ3v) is 4.76. The van der Waals surface area contributed by atoms with Gasteiger partial charge in [-0.15, -0.1) is 0 Å². The van der Waals surface area contributed by atoms with Crippen LogP contribution in [0.5, 0.6) is 5.75 Å². The first kappa shape index (κ1) is 13.6. The summed E-state index contributed by atoms with van der Waals surface area (Å²) < 4.78 is 5.32. The summed E-state index contributed by atoms with van der Waals surface area (Å²) in [5.41, 5.74) is 8.09. The third-order valence-electron chi connectivity index (χ3n) is 4.76. The molecule has 1 saturated carbocycles. The Morgan fingerprint density at radius 3 is 2.45 bits per heavy atom. The van der Waals surface area contributed by atoms with Crippen LogP contribution in [-0.4, -0.2) is 44.2 Å². The van der Waals surface area contributed by atoms with Gasteiger partial charge in [-0.1, -0.05) is 18.9 Å². The number of hydrogen-bond acceptors (Lipinski definition) is 4. The maximum absolute atomic E-state index is 6.20. The molecule has 2 N–H and O–H groups in total. The Bertz CT molecular complexity index is 449. The number of anilines is 2. The SMILES string of the molecule is COc1cccc(N2CCN(C3CCCC3)CC2)c1N. The predicted octanol–water partition coefficient (Wildman–Crippen LogP) is 2.34. The molecule has 1 saturated heterocycles. The fourth-order valence-electron chi connectivity index (χ4n) is 3.58. The second kappa shape index (κ2) is 5.92. The molecule has 0 unspecified atom stereocenters. The molecule has 1 aromatic rings. The van der Waals surface area contributed by atoms with Crippen LogP contribution in [-0.2, 0) is 0 Å². The minimum Gasteiger partial charge on any atom is -0.495 e. The topological polar surface area (TPSA) is 41.7 Å². The normalized spacial score (nSPS) is 21.4. The van der Waals surface area contributed by atoms with Gasteiger partial charge in [0, 0.05) is 32.2 Å². The van der Waals surface area contributed by atoms with Gasteiger partial charge in [0.2, 0.25) is 0 Å². The average molecular weight is 275 g/mol. The molecular weight excluding hydrogens is 250 g/mol. The molecule has 4 heteroatoms. The van der Waals surface area contributed by atoms with E-state index in [9.17, 15) is 0 Å². The van der Waals surface area contributed by atoms with Gasteiger partial charge in [0.15, 0.2) is 0 Å². The number of nitrogens with two attached hydrogens (primary N) is 1. The fourth-order valence-corrected chi connectivity index (χ4v) is 3.58. The Balaban J connectivity index is 1.65. The van der Waals surface area contributed by atoms with E-state index in [1.54, 1.807) is 7.11 Å². The summed E-state index contributed by atoms with van der Waals surface area (Å²) in [6, 6.07) is 6.88. The lowest BCUT2D eigenvalue weighted by Gasteiger charge is -2.39. The molecule has 0 atom stereocenters. The van der Waals surface area contributed by atoms with Gasteiger partial charge in [0.1, 0.15) is 5.75 Å². The van der Waals surface area contributed by atoms with Gasteiger partial charge in [-0.3, -0.25) is 4.90 Å². The lowest BCUT2D eigenvalue weighted by molar-refractivity contribution is 0.187. The van der Waals surface area contributed by atoms with Crippen LogP contribution in [0.15, 0.2) is 18.2 Å². The zero-order chi connectivity index (χ0) is 13.9. The molecule has 0 aromatic heterocycles. The summed E-state index contributed by atoms with van der Waals surface area (Å²) in [4.78, 5) is 5.06. The first-order chi connectivity index (χ1) is 9.79. The van der Waals surface area contributed by atoms with E-state index in [1.807, 2.05) is 12.1 Å². The summed E-state index contributed by atoms with van der Waals surface area (Å²) in [6.45, 7) is 4.43. The Kier molecular flexibility index (Phi) is 4.01. The van der Waals surface area contributed by atoms with E-state index < -0.39 is 0 Å². The smallest absolute Gasteiger partial charge is 0.143 e. The number of nitrogen functional groups attached to an aromatic ring is 1. The van der Waals surface area contributed by atoms with Crippen LogP contribution in [0.25, 0.3) is 0 Å². The minimum absolute atomic E-state index is 0.768. The van der Waals surface area contributed by atoms with E-state index in [0.717, 1.165) is 49.3 Å². The summed E-state index contributed by atoms with van der Waals surface area (Å²) >= 11 is 0. The van der Waals surface area contributed by atoms with Crippen molar-refractivity contribution in [2.45, 2.75) is 31.7 Å². The molecule has 2 fully saturated rings. The molecule has 3 rings (SSSR count). The molecular formula is C16H25N3O. The van der Waals surface area contributed by atoms with Crippen molar-refractivity contribution in [1.29, 1.82) is 0 Å². The van der Waals surface area contributed by atoms with Gasteiger partial charge >= 0.3 is 0 Å². The number of hydrogen-bond donors (Lipinski definition) is 1. The molecule has 1 aliphatic heterocycles. The zero-order valence-corrected chi connectivity index (χ0v) is 12.3. The fraction of sp³-hybridized carbons (Fsp3) is 0.625. The molecule has 0 bridgehead atoms. The molecule has 1 heterocycles. The van der Waals surface area contributed by atoms with Crippen LogP contribution in [0, 0.1) is 0 Å². The Labute approximate surface area is 121 Å². The van der Waals surface area contributed by atoms with Crippen LogP contribution >= 0.6 is 0 Å². The molecule has 0 amide bonds. The van der Waals surface area contributed by atoms with E-state index in [1.165, 1.54) is 25.7 Å². The minimum atomic E-state index is 0.768. The monoisotopic (exact) mass is 275 g/mol. The van der Waals surface area contributed by atoms with Crippen molar-refractivity contribution in [3.8, 4) is 5.75 Å². The van der Waals surface area contributed by atoms with Gasteiger partial charge in [0.05, 0.1) is 18.5 Å². The molecule has 2 aliphatic rings. The van der Waals surface area contributed by atoms with Gasteiger partial charge in [-0.25, -0.2) is 0 Å². The van der Waals surface area contributed by atoms with Crippen LogP contribution in [0.4, 0.5) is 11.4 Å². The Morgan fingerprint density at radius 2 is 1.80 bits per heavy atom. The van der Waals surface area contributed by atoms with Crippen LogP contribution in [0.2, 0.25) is 0 Å². The van der Waals surface area contributed by atoms with Gasteiger partial charge in [-0.05, 0) is 25.0 Å². The molecule has 4 nitrogen and oxygen atoms in total. The van der Waals surface area contributed by atoms with E-state index in [-0.39, 0.29) is 0 Å². The van der Waals surface area contributed by atoms with E-state index >= 15 is 0 Å². The van der Waals surface area contributed by atoms with Crippen molar-refractivity contribution in [3.63, 3.8) is 0 Å². The number of ether oxygens (including phenoxy) is 1. The number of para-hydroxylation sites is 1. The number of methoxy groups -OCH3 is 1. The van der Waals surface area contributed by atoms with E-state index in [0.29, 0.717) is 0 Å². The van der Waals surface area contributed by atoms with Gasteiger partial charge in [-0.2, -0.15) is 0 Å². The quantitative estimate of drug-likeness (QED) is 0.860. The maximum Gasteiger partial charge on any atom is 0.143 e. The number of nitrogens with zero attached hydrogens (tertiary/aromatic N) is 2. The second-order valence-corrected chi connectivity index (χ2v) is 5.85. The highest BCUT2D eigenvalue weighted by atomic mass is 16.5. The second-order valence-electron chi connectivity index (χ2n) is 5.85. The lowest BCUT2D eigenvalue weighted by Crippen LogP contribution is -2.49. The average Bonchev–Trinajstić information content (AvgIpc) is 3.02. The van der Waals surface area contributed by atoms with Crippen molar-refractivity contribution in [1.82, 2.24) is 4.90 Å². The molecule has 110 valence electrons. The number of piperazine rings is 1. The maximum atomic E-state index is 6.20. The van der Waals surface area contributed by atoms with Crippen molar-refractivity contribution >= 4 is 11.4 Å². The van der Waals surface area contributed by atoms with E-state index in [4.69, 9.17) is 10.5 Å². The molecule has 20 heavy (non-hydrogen) atoms. The largest absolute Gasteiger partial charge is 0.495 e. The van der Waals surface area contributed by atoms with Crippen molar-refractivity contribution < 1.29 is 4.74 Å². The molecule has 0 spiro atoms. The van der Waals surface area contributed by atoms with Crippen LogP contribution in [0.3, 0.4) is 0 Å².